The van der Waals surface area contributed by atoms with E-state index in [1.165, 1.54) is 0 Å². The first-order chi connectivity index (χ1) is 11.3. The first-order valence-corrected chi connectivity index (χ1v) is 7.42. The molecular formula is C19H17N3O. The number of amides is 1. The van der Waals surface area contributed by atoms with E-state index in [0.717, 1.165) is 11.3 Å². The van der Waals surface area contributed by atoms with Gasteiger partial charge in [0.15, 0.2) is 0 Å². The van der Waals surface area contributed by atoms with E-state index in [1.807, 2.05) is 60.7 Å². The Balaban J connectivity index is 1.73. The van der Waals surface area contributed by atoms with E-state index in [4.69, 9.17) is 0 Å². The van der Waals surface area contributed by atoms with Crippen LogP contribution in [0.3, 0.4) is 0 Å². The summed E-state index contributed by atoms with van der Waals surface area (Å²) in [6, 6.07) is 23.0. The molecule has 0 spiro atoms. The molecule has 1 aromatic heterocycles. The van der Waals surface area contributed by atoms with Gasteiger partial charge in [-0.15, -0.1) is 0 Å². The highest BCUT2D eigenvalue weighted by Gasteiger charge is 2.12. The van der Waals surface area contributed by atoms with Crippen LogP contribution in [-0.4, -0.2) is 10.9 Å². The van der Waals surface area contributed by atoms with Gasteiger partial charge in [-0.3, -0.25) is 4.79 Å². The van der Waals surface area contributed by atoms with Crippen molar-refractivity contribution in [1.29, 1.82) is 0 Å². The van der Waals surface area contributed by atoms with E-state index in [-0.39, 0.29) is 5.91 Å². The topological polar surface area (TPSA) is 54.0 Å². The Hall–Kier alpha value is -3.14. The summed E-state index contributed by atoms with van der Waals surface area (Å²) >= 11 is 0. The normalized spacial score (nSPS) is 10.1. The van der Waals surface area contributed by atoms with Gasteiger partial charge < -0.3 is 10.6 Å². The number of pyridine rings is 1. The van der Waals surface area contributed by atoms with Crippen LogP contribution in [0.1, 0.15) is 15.9 Å². The highest BCUT2D eigenvalue weighted by molar-refractivity contribution is 5.99. The molecule has 0 aliphatic heterocycles. The molecule has 0 unspecified atom stereocenters. The lowest BCUT2D eigenvalue weighted by molar-refractivity contribution is 0.0951. The molecule has 3 aromatic rings. The number of hydrogen-bond donors (Lipinski definition) is 2. The van der Waals surface area contributed by atoms with Crippen molar-refractivity contribution >= 4 is 17.4 Å². The zero-order valence-electron chi connectivity index (χ0n) is 12.6. The molecule has 1 heterocycles. The number of nitrogens with one attached hydrogen (secondary N) is 2. The van der Waals surface area contributed by atoms with Gasteiger partial charge in [0.25, 0.3) is 5.91 Å². The number of nitrogens with zero attached hydrogens (tertiary/aromatic N) is 1. The molecule has 0 aliphatic carbocycles. The molecule has 0 saturated heterocycles. The highest BCUT2D eigenvalue weighted by atomic mass is 16.1. The maximum absolute atomic E-state index is 12.4. The van der Waals surface area contributed by atoms with Crippen LogP contribution in [-0.2, 0) is 6.54 Å². The maximum Gasteiger partial charge on any atom is 0.255 e. The molecule has 0 bridgehead atoms. The third-order valence-corrected chi connectivity index (χ3v) is 3.38. The van der Waals surface area contributed by atoms with Crippen LogP contribution in [0.5, 0.6) is 0 Å². The van der Waals surface area contributed by atoms with Crippen LogP contribution < -0.4 is 10.6 Å². The summed E-state index contributed by atoms with van der Waals surface area (Å²) in [4.78, 5) is 16.7. The molecule has 23 heavy (non-hydrogen) atoms. The molecule has 0 fully saturated rings. The molecule has 0 atom stereocenters. The molecule has 114 valence electrons. The van der Waals surface area contributed by atoms with Crippen molar-refractivity contribution in [3.8, 4) is 0 Å². The van der Waals surface area contributed by atoms with Crippen molar-refractivity contribution in [2.24, 2.45) is 0 Å². The third-order valence-electron chi connectivity index (χ3n) is 3.38. The summed E-state index contributed by atoms with van der Waals surface area (Å²) < 4.78 is 0. The zero-order chi connectivity index (χ0) is 15.9. The average molecular weight is 303 g/mol. The summed E-state index contributed by atoms with van der Waals surface area (Å²) in [6.45, 7) is 0.485. The minimum absolute atomic E-state index is 0.152. The number of anilines is 2. The van der Waals surface area contributed by atoms with Crippen LogP contribution in [0.4, 0.5) is 11.5 Å². The molecule has 4 heteroatoms. The van der Waals surface area contributed by atoms with E-state index in [1.54, 1.807) is 18.3 Å². The fraction of sp³-hybridized carbons (Fsp3) is 0.0526. The van der Waals surface area contributed by atoms with Gasteiger partial charge in [-0.05, 0) is 29.8 Å². The molecule has 0 saturated carbocycles. The van der Waals surface area contributed by atoms with Gasteiger partial charge in [0.2, 0.25) is 0 Å². The maximum atomic E-state index is 12.4. The molecular weight excluding hydrogens is 286 g/mol. The van der Waals surface area contributed by atoms with Crippen molar-refractivity contribution < 1.29 is 4.79 Å². The number of hydrogen-bond acceptors (Lipinski definition) is 3. The number of carbonyl (C=O) groups is 1. The number of para-hydroxylation sites is 1. The van der Waals surface area contributed by atoms with Gasteiger partial charge in [-0.1, -0.05) is 48.5 Å². The number of aromatic nitrogens is 1. The van der Waals surface area contributed by atoms with Crippen molar-refractivity contribution in [2.45, 2.75) is 6.54 Å². The molecule has 2 N–H and O–H groups in total. The Morgan fingerprint density at radius 3 is 2.30 bits per heavy atom. The standard InChI is InChI=1S/C19H17N3O/c23-19(21-14-15-8-3-1-4-9-15)17-12-7-13-20-18(17)22-16-10-5-2-6-11-16/h1-13H,14H2,(H,20,22)(H,21,23). The second-order valence-electron chi connectivity index (χ2n) is 5.06. The van der Waals surface area contributed by atoms with E-state index >= 15 is 0 Å². The first-order valence-electron chi connectivity index (χ1n) is 7.42. The largest absolute Gasteiger partial charge is 0.348 e. The lowest BCUT2D eigenvalue weighted by atomic mass is 10.2. The van der Waals surface area contributed by atoms with Crippen molar-refractivity contribution in [3.63, 3.8) is 0 Å². The van der Waals surface area contributed by atoms with Crippen LogP contribution in [0, 0.1) is 0 Å². The Morgan fingerprint density at radius 1 is 0.870 bits per heavy atom. The van der Waals surface area contributed by atoms with Gasteiger partial charge in [-0.2, -0.15) is 0 Å². The Kier molecular flexibility index (Phi) is 4.64. The van der Waals surface area contributed by atoms with Crippen LogP contribution in [0.25, 0.3) is 0 Å². The second-order valence-corrected chi connectivity index (χ2v) is 5.06. The van der Waals surface area contributed by atoms with Gasteiger partial charge in [0.1, 0.15) is 5.82 Å². The summed E-state index contributed by atoms with van der Waals surface area (Å²) in [5.74, 6) is 0.393. The van der Waals surface area contributed by atoms with Gasteiger partial charge in [0.05, 0.1) is 5.56 Å². The quantitative estimate of drug-likeness (QED) is 0.754. The predicted octanol–water partition coefficient (Wildman–Crippen LogP) is 3.76. The van der Waals surface area contributed by atoms with Crippen LogP contribution >= 0.6 is 0 Å². The molecule has 1 amide bonds. The average Bonchev–Trinajstić information content (AvgIpc) is 2.62. The predicted molar refractivity (Wildman–Crippen MR) is 91.6 cm³/mol. The second kappa shape index (κ2) is 7.22. The fourth-order valence-corrected chi connectivity index (χ4v) is 2.22. The Labute approximate surface area is 135 Å². The molecule has 0 radical (unpaired) electrons. The summed E-state index contributed by atoms with van der Waals surface area (Å²) in [6.07, 6.45) is 1.67. The SMILES string of the molecule is O=C(NCc1ccccc1)c1cccnc1Nc1ccccc1. The number of carbonyl (C=O) groups excluding carboxylic acids is 1. The van der Waals surface area contributed by atoms with Crippen molar-refractivity contribution in [2.75, 3.05) is 5.32 Å². The van der Waals surface area contributed by atoms with Gasteiger partial charge in [0, 0.05) is 18.4 Å². The summed E-state index contributed by atoms with van der Waals surface area (Å²) in [5.41, 5.74) is 2.47. The van der Waals surface area contributed by atoms with E-state index in [2.05, 4.69) is 15.6 Å². The lowest BCUT2D eigenvalue weighted by Gasteiger charge is -2.11. The number of rotatable bonds is 5. The van der Waals surface area contributed by atoms with Crippen molar-refractivity contribution in [3.05, 3.63) is 90.1 Å². The molecule has 2 aromatic carbocycles. The summed E-state index contributed by atoms with van der Waals surface area (Å²) in [5, 5.41) is 6.10. The van der Waals surface area contributed by atoms with Crippen LogP contribution in [0.15, 0.2) is 79.0 Å². The summed E-state index contributed by atoms with van der Waals surface area (Å²) in [7, 11) is 0. The van der Waals surface area contributed by atoms with Gasteiger partial charge in [-0.25, -0.2) is 4.98 Å². The number of benzene rings is 2. The highest BCUT2D eigenvalue weighted by Crippen LogP contribution is 2.18. The third kappa shape index (κ3) is 3.95. The fourth-order valence-electron chi connectivity index (χ4n) is 2.22. The lowest BCUT2D eigenvalue weighted by Crippen LogP contribution is -2.24. The van der Waals surface area contributed by atoms with Gasteiger partial charge >= 0.3 is 0 Å². The monoisotopic (exact) mass is 303 g/mol. The Morgan fingerprint density at radius 2 is 1.57 bits per heavy atom. The molecule has 0 aliphatic rings. The minimum Gasteiger partial charge on any atom is -0.348 e. The zero-order valence-corrected chi connectivity index (χ0v) is 12.6. The van der Waals surface area contributed by atoms with E-state index in [0.29, 0.717) is 17.9 Å². The first kappa shape index (κ1) is 14.8. The minimum atomic E-state index is -0.152. The van der Waals surface area contributed by atoms with E-state index in [9.17, 15) is 4.79 Å². The molecule has 4 nitrogen and oxygen atoms in total. The van der Waals surface area contributed by atoms with Crippen LogP contribution in [0.2, 0.25) is 0 Å². The smallest absolute Gasteiger partial charge is 0.255 e. The molecule has 3 rings (SSSR count). The Bertz CT molecular complexity index is 773. The van der Waals surface area contributed by atoms with Crippen molar-refractivity contribution in [1.82, 2.24) is 10.3 Å². The van der Waals surface area contributed by atoms with E-state index < -0.39 is 0 Å².